The summed E-state index contributed by atoms with van der Waals surface area (Å²) in [6, 6.07) is 0. The van der Waals surface area contributed by atoms with E-state index in [4.69, 9.17) is 10.5 Å². The zero-order chi connectivity index (χ0) is 12.4. The van der Waals surface area contributed by atoms with Crippen molar-refractivity contribution in [1.82, 2.24) is 14.9 Å². The second-order valence-electron chi connectivity index (χ2n) is 4.82. The molecule has 0 saturated heterocycles. The second-order valence-corrected chi connectivity index (χ2v) is 4.82. The van der Waals surface area contributed by atoms with Gasteiger partial charge in [-0.15, -0.1) is 0 Å². The van der Waals surface area contributed by atoms with Gasteiger partial charge in [-0.3, -0.25) is 0 Å². The maximum atomic E-state index is 5.88. The molecule has 0 atom stereocenters. The lowest BCUT2D eigenvalue weighted by atomic mass is 10.3. The van der Waals surface area contributed by atoms with Gasteiger partial charge < -0.3 is 15.4 Å². The Morgan fingerprint density at radius 2 is 2.06 bits per heavy atom. The van der Waals surface area contributed by atoms with Gasteiger partial charge in [-0.25, -0.2) is 4.98 Å². The molecule has 0 aliphatic heterocycles. The first-order valence-electron chi connectivity index (χ1n) is 5.99. The van der Waals surface area contributed by atoms with Gasteiger partial charge in [0.15, 0.2) is 0 Å². The summed E-state index contributed by atoms with van der Waals surface area (Å²) < 4.78 is 5.67. The van der Waals surface area contributed by atoms with Gasteiger partial charge in [0.2, 0.25) is 5.88 Å². The number of rotatable bonds is 5. The molecule has 0 amide bonds. The van der Waals surface area contributed by atoms with Crippen LogP contribution in [0.4, 0.5) is 5.82 Å². The van der Waals surface area contributed by atoms with Crippen molar-refractivity contribution in [2.24, 2.45) is 0 Å². The van der Waals surface area contributed by atoms with Crippen LogP contribution < -0.4 is 10.5 Å². The molecule has 1 heterocycles. The molecule has 1 aliphatic rings. The predicted octanol–water partition coefficient (Wildman–Crippen LogP) is 1.19. The molecule has 0 aromatic carbocycles. The Labute approximate surface area is 102 Å². The summed E-state index contributed by atoms with van der Waals surface area (Å²) >= 11 is 0. The average molecular weight is 236 g/mol. The van der Waals surface area contributed by atoms with E-state index in [0.29, 0.717) is 24.2 Å². The molecule has 0 radical (unpaired) electrons. The van der Waals surface area contributed by atoms with Gasteiger partial charge >= 0.3 is 0 Å². The Bertz CT molecular complexity index is 402. The zero-order valence-corrected chi connectivity index (χ0v) is 10.7. The van der Waals surface area contributed by atoms with E-state index in [-0.39, 0.29) is 0 Å². The van der Waals surface area contributed by atoms with Crippen LogP contribution in [-0.2, 0) is 0 Å². The van der Waals surface area contributed by atoms with E-state index in [1.807, 2.05) is 21.0 Å². The molecule has 0 unspecified atom stereocenters. The molecule has 0 bridgehead atoms. The molecule has 5 heteroatoms. The SMILES string of the molecule is Cc1c(N)nc(C2CC2)nc1OCCN(C)C. The lowest BCUT2D eigenvalue weighted by molar-refractivity contribution is 0.251. The molecule has 1 saturated carbocycles. The summed E-state index contributed by atoms with van der Waals surface area (Å²) in [5.74, 6) is 2.52. The number of nitrogens with two attached hydrogens (primary N) is 1. The number of nitrogens with zero attached hydrogens (tertiary/aromatic N) is 3. The first kappa shape index (κ1) is 12.1. The first-order valence-corrected chi connectivity index (χ1v) is 5.99. The molecule has 1 fully saturated rings. The minimum absolute atomic E-state index is 0.495. The van der Waals surface area contributed by atoms with E-state index >= 15 is 0 Å². The molecule has 2 N–H and O–H groups in total. The third-order valence-corrected chi connectivity index (χ3v) is 2.88. The Balaban J connectivity index is 2.08. The summed E-state index contributed by atoms with van der Waals surface area (Å²) in [7, 11) is 4.03. The Hall–Kier alpha value is -1.36. The van der Waals surface area contributed by atoms with Crippen molar-refractivity contribution < 1.29 is 4.74 Å². The molecular formula is C12H20N4O. The number of ether oxygens (including phenoxy) is 1. The van der Waals surface area contributed by atoms with Crippen LogP contribution in [0.15, 0.2) is 0 Å². The largest absolute Gasteiger partial charge is 0.476 e. The second kappa shape index (κ2) is 4.87. The smallest absolute Gasteiger partial charge is 0.221 e. The lowest BCUT2D eigenvalue weighted by Crippen LogP contribution is -2.20. The monoisotopic (exact) mass is 236 g/mol. The minimum Gasteiger partial charge on any atom is -0.476 e. The number of aromatic nitrogens is 2. The predicted molar refractivity (Wildman–Crippen MR) is 67.2 cm³/mol. The summed E-state index contributed by atoms with van der Waals surface area (Å²) in [6.07, 6.45) is 2.33. The van der Waals surface area contributed by atoms with Crippen LogP contribution in [0.3, 0.4) is 0 Å². The van der Waals surface area contributed by atoms with Crippen molar-refractivity contribution in [3.05, 3.63) is 11.4 Å². The number of likely N-dealkylation sites (N-methyl/N-ethyl adjacent to an activating group) is 1. The van der Waals surface area contributed by atoms with Crippen molar-refractivity contribution in [2.45, 2.75) is 25.7 Å². The Kier molecular flexibility index (Phi) is 3.47. The fourth-order valence-electron chi connectivity index (χ4n) is 1.52. The molecule has 2 rings (SSSR count). The maximum Gasteiger partial charge on any atom is 0.221 e. The molecule has 94 valence electrons. The van der Waals surface area contributed by atoms with Gasteiger partial charge in [0, 0.05) is 12.5 Å². The number of nitrogen functional groups attached to an aromatic ring is 1. The van der Waals surface area contributed by atoms with E-state index in [9.17, 15) is 0 Å². The standard InChI is InChI=1S/C12H20N4O/c1-8-10(13)14-11(9-4-5-9)15-12(8)17-7-6-16(2)3/h9H,4-7H2,1-3H3,(H2,13,14,15). The summed E-state index contributed by atoms with van der Waals surface area (Å²) in [5.41, 5.74) is 6.72. The Morgan fingerprint density at radius 1 is 1.35 bits per heavy atom. The van der Waals surface area contributed by atoms with E-state index in [1.54, 1.807) is 0 Å². The normalized spacial score (nSPS) is 15.3. The highest BCUT2D eigenvalue weighted by Crippen LogP contribution is 2.39. The lowest BCUT2D eigenvalue weighted by Gasteiger charge is -2.13. The Morgan fingerprint density at radius 3 is 2.65 bits per heavy atom. The van der Waals surface area contributed by atoms with Crippen LogP contribution in [-0.4, -0.2) is 42.1 Å². The molecule has 1 aliphatic carbocycles. The van der Waals surface area contributed by atoms with Gasteiger partial charge in [0.1, 0.15) is 18.2 Å². The maximum absolute atomic E-state index is 5.88. The fourth-order valence-corrected chi connectivity index (χ4v) is 1.52. The van der Waals surface area contributed by atoms with Crippen molar-refractivity contribution in [3.8, 4) is 5.88 Å². The number of hydrogen-bond acceptors (Lipinski definition) is 5. The minimum atomic E-state index is 0.495. The van der Waals surface area contributed by atoms with Crippen molar-refractivity contribution in [2.75, 3.05) is 33.0 Å². The molecular weight excluding hydrogens is 216 g/mol. The van der Waals surface area contributed by atoms with Gasteiger partial charge in [-0.2, -0.15) is 4.98 Å². The van der Waals surface area contributed by atoms with Gasteiger partial charge in [-0.1, -0.05) is 0 Å². The summed E-state index contributed by atoms with van der Waals surface area (Å²) in [5, 5.41) is 0. The summed E-state index contributed by atoms with van der Waals surface area (Å²) in [4.78, 5) is 10.8. The zero-order valence-electron chi connectivity index (χ0n) is 10.7. The molecule has 1 aromatic rings. The van der Waals surface area contributed by atoms with Gasteiger partial charge in [-0.05, 0) is 33.9 Å². The van der Waals surface area contributed by atoms with Gasteiger partial charge in [0.05, 0.1) is 5.56 Å². The molecule has 1 aromatic heterocycles. The van der Waals surface area contributed by atoms with Crippen LogP contribution in [0, 0.1) is 6.92 Å². The molecule has 5 nitrogen and oxygen atoms in total. The number of hydrogen-bond donors (Lipinski definition) is 1. The van der Waals surface area contributed by atoms with Crippen molar-refractivity contribution in [1.29, 1.82) is 0 Å². The van der Waals surface area contributed by atoms with E-state index < -0.39 is 0 Å². The van der Waals surface area contributed by atoms with Crippen LogP contribution in [0.5, 0.6) is 5.88 Å². The van der Waals surface area contributed by atoms with E-state index in [1.165, 1.54) is 12.8 Å². The van der Waals surface area contributed by atoms with Gasteiger partial charge in [0.25, 0.3) is 0 Å². The van der Waals surface area contributed by atoms with Crippen LogP contribution in [0.1, 0.15) is 30.1 Å². The topological polar surface area (TPSA) is 64.3 Å². The highest BCUT2D eigenvalue weighted by Gasteiger charge is 2.28. The third kappa shape index (κ3) is 3.06. The first-order chi connectivity index (χ1) is 8.08. The van der Waals surface area contributed by atoms with Crippen LogP contribution in [0.25, 0.3) is 0 Å². The van der Waals surface area contributed by atoms with Crippen molar-refractivity contribution >= 4 is 5.82 Å². The molecule has 17 heavy (non-hydrogen) atoms. The van der Waals surface area contributed by atoms with Crippen LogP contribution >= 0.6 is 0 Å². The molecule has 0 spiro atoms. The number of anilines is 1. The average Bonchev–Trinajstić information content (AvgIpc) is 3.07. The van der Waals surface area contributed by atoms with Crippen molar-refractivity contribution in [3.63, 3.8) is 0 Å². The van der Waals surface area contributed by atoms with E-state index in [0.717, 1.165) is 17.9 Å². The fraction of sp³-hybridized carbons (Fsp3) is 0.667. The quantitative estimate of drug-likeness (QED) is 0.831. The van der Waals surface area contributed by atoms with Crippen LogP contribution in [0.2, 0.25) is 0 Å². The third-order valence-electron chi connectivity index (χ3n) is 2.88. The summed E-state index contributed by atoms with van der Waals surface area (Å²) in [6.45, 7) is 3.38. The van der Waals surface area contributed by atoms with E-state index in [2.05, 4.69) is 14.9 Å². The highest BCUT2D eigenvalue weighted by atomic mass is 16.5. The highest BCUT2D eigenvalue weighted by molar-refractivity contribution is 5.45.